The van der Waals surface area contributed by atoms with Gasteiger partial charge in [-0.3, -0.25) is 0 Å². The Hall–Kier alpha value is -2.29. The number of fused-ring (bicyclic) bond motifs is 2. The predicted octanol–water partition coefficient (Wildman–Crippen LogP) is 2.87. The number of benzene rings is 2. The second-order valence-corrected chi connectivity index (χ2v) is 5.23. The maximum atomic E-state index is 11.7. The molecule has 20 heavy (non-hydrogen) atoms. The third kappa shape index (κ3) is 2.52. The maximum Gasteiger partial charge on any atom is 0.315 e. The van der Waals surface area contributed by atoms with E-state index < -0.39 is 0 Å². The van der Waals surface area contributed by atoms with Crippen LogP contribution in [0.2, 0.25) is 0 Å². The molecule has 2 N–H and O–H groups in total. The normalized spacial score (nSPS) is 14.5. The van der Waals surface area contributed by atoms with Gasteiger partial charge >= 0.3 is 6.03 Å². The molecule has 0 aliphatic carbocycles. The summed E-state index contributed by atoms with van der Waals surface area (Å²) in [5, 5.41) is 0. The third-order valence-electron chi connectivity index (χ3n) is 3.93. The molecule has 2 aromatic carbocycles. The highest BCUT2D eigenvalue weighted by atomic mass is 16.2. The van der Waals surface area contributed by atoms with Crippen LogP contribution >= 0.6 is 0 Å². The zero-order valence-electron chi connectivity index (χ0n) is 11.4. The monoisotopic (exact) mass is 266 g/mol. The van der Waals surface area contributed by atoms with Gasteiger partial charge in [-0.2, -0.15) is 0 Å². The van der Waals surface area contributed by atoms with E-state index in [2.05, 4.69) is 36.4 Å². The van der Waals surface area contributed by atoms with E-state index in [0.29, 0.717) is 13.1 Å². The number of urea groups is 1. The van der Waals surface area contributed by atoms with Crippen LogP contribution in [0.15, 0.2) is 48.5 Å². The Labute approximate surface area is 119 Å². The highest BCUT2D eigenvalue weighted by Gasteiger charge is 2.17. The number of nitrogens with two attached hydrogens (primary N) is 1. The molecule has 0 spiro atoms. The molecule has 0 aromatic heterocycles. The summed E-state index contributed by atoms with van der Waals surface area (Å²) in [5.74, 6) is 0. The minimum Gasteiger partial charge on any atom is -0.351 e. The van der Waals surface area contributed by atoms with Crippen LogP contribution in [0.25, 0.3) is 0 Å². The summed E-state index contributed by atoms with van der Waals surface area (Å²) in [6, 6.07) is 16.2. The van der Waals surface area contributed by atoms with Gasteiger partial charge in [-0.1, -0.05) is 48.5 Å². The summed E-state index contributed by atoms with van der Waals surface area (Å²) < 4.78 is 0. The van der Waals surface area contributed by atoms with Crippen molar-refractivity contribution in [3.63, 3.8) is 0 Å². The van der Waals surface area contributed by atoms with Gasteiger partial charge in [0.2, 0.25) is 0 Å². The molecule has 2 amide bonds. The first kappa shape index (κ1) is 12.7. The first-order chi connectivity index (χ1) is 9.74. The number of rotatable bonds is 0. The number of aryl methyl sites for hydroxylation is 2. The molecular formula is C17H18N2O. The van der Waals surface area contributed by atoms with Crippen molar-refractivity contribution in [1.82, 2.24) is 4.90 Å². The molecule has 0 fully saturated rings. The Bertz CT molecular complexity index is 587. The summed E-state index contributed by atoms with van der Waals surface area (Å²) in [6.45, 7) is 1.17. The van der Waals surface area contributed by atoms with E-state index in [1.807, 2.05) is 12.1 Å². The van der Waals surface area contributed by atoms with E-state index in [4.69, 9.17) is 5.73 Å². The van der Waals surface area contributed by atoms with Crippen LogP contribution in [0.1, 0.15) is 22.3 Å². The highest BCUT2D eigenvalue weighted by Crippen LogP contribution is 2.21. The largest absolute Gasteiger partial charge is 0.351 e. The molecule has 3 heteroatoms. The van der Waals surface area contributed by atoms with E-state index in [-0.39, 0.29) is 6.03 Å². The van der Waals surface area contributed by atoms with Crippen molar-refractivity contribution in [2.24, 2.45) is 5.73 Å². The maximum absolute atomic E-state index is 11.7. The van der Waals surface area contributed by atoms with Crippen molar-refractivity contribution in [1.29, 1.82) is 0 Å². The lowest BCUT2D eigenvalue weighted by Gasteiger charge is -2.21. The van der Waals surface area contributed by atoms with Crippen molar-refractivity contribution in [3.05, 3.63) is 70.8 Å². The SMILES string of the molecule is NC(=O)N1Cc2ccccc2CCc2ccccc2C1. The predicted molar refractivity (Wildman–Crippen MR) is 79.1 cm³/mol. The van der Waals surface area contributed by atoms with Crippen molar-refractivity contribution >= 4 is 6.03 Å². The Morgan fingerprint density at radius 2 is 1.20 bits per heavy atom. The van der Waals surface area contributed by atoms with Crippen LogP contribution < -0.4 is 5.73 Å². The fraction of sp³-hybridized carbons (Fsp3) is 0.235. The molecule has 2 aromatic rings. The molecule has 0 saturated carbocycles. The third-order valence-corrected chi connectivity index (χ3v) is 3.93. The fourth-order valence-electron chi connectivity index (χ4n) is 2.80. The minimum atomic E-state index is -0.364. The molecule has 1 aliphatic rings. The van der Waals surface area contributed by atoms with Gasteiger partial charge < -0.3 is 10.6 Å². The number of nitrogens with zero attached hydrogens (tertiary/aromatic N) is 1. The van der Waals surface area contributed by atoms with Gasteiger partial charge in [0, 0.05) is 13.1 Å². The van der Waals surface area contributed by atoms with Gasteiger partial charge in [0.15, 0.2) is 0 Å². The zero-order chi connectivity index (χ0) is 13.9. The molecule has 102 valence electrons. The van der Waals surface area contributed by atoms with Crippen molar-refractivity contribution < 1.29 is 4.79 Å². The van der Waals surface area contributed by atoms with Crippen LogP contribution in [0.3, 0.4) is 0 Å². The quantitative estimate of drug-likeness (QED) is 0.783. The number of hydrogen-bond donors (Lipinski definition) is 1. The van der Waals surface area contributed by atoms with Gasteiger partial charge in [-0.25, -0.2) is 4.79 Å². The molecule has 1 aliphatic heterocycles. The molecule has 3 nitrogen and oxygen atoms in total. The molecule has 1 heterocycles. The van der Waals surface area contributed by atoms with E-state index in [1.165, 1.54) is 22.3 Å². The van der Waals surface area contributed by atoms with Crippen LogP contribution in [0.4, 0.5) is 4.79 Å². The van der Waals surface area contributed by atoms with Crippen LogP contribution in [-0.4, -0.2) is 10.9 Å². The van der Waals surface area contributed by atoms with Gasteiger partial charge in [0.1, 0.15) is 0 Å². The Morgan fingerprint density at radius 1 is 0.800 bits per heavy atom. The average Bonchev–Trinajstić information content (AvgIpc) is 2.54. The standard InChI is InChI=1S/C17H18N2O/c18-17(20)19-11-15-7-3-1-5-13(15)9-10-14-6-2-4-8-16(14)12-19/h1-8H,9-12H2,(H2,18,20). The van der Waals surface area contributed by atoms with Gasteiger partial charge in [0.05, 0.1) is 0 Å². The molecule has 0 unspecified atom stereocenters. The Morgan fingerprint density at radius 3 is 1.60 bits per heavy atom. The molecule has 0 radical (unpaired) electrons. The first-order valence-corrected chi connectivity index (χ1v) is 6.92. The lowest BCUT2D eigenvalue weighted by molar-refractivity contribution is 0.202. The summed E-state index contributed by atoms with van der Waals surface area (Å²) in [6.07, 6.45) is 2.00. The highest BCUT2D eigenvalue weighted by molar-refractivity contribution is 5.72. The first-order valence-electron chi connectivity index (χ1n) is 6.92. The minimum absolute atomic E-state index is 0.364. The summed E-state index contributed by atoms with van der Waals surface area (Å²) in [5.41, 5.74) is 10.5. The van der Waals surface area contributed by atoms with E-state index in [1.54, 1.807) is 4.90 Å². The second kappa shape index (κ2) is 5.37. The van der Waals surface area contributed by atoms with Gasteiger partial charge in [-0.15, -0.1) is 0 Å². The van der Waals surface area contributed by atoms with E-state index in [0.717, 1.165) is 12.8 Å². The lowest BCUT2D eigenvalue weighted by Crippen LogP contribution is -2.34. The number of carbonyl (C=O) groups is 1. The number of hydrogen-bond acceptors (Lipinski definition) is 1. The smallest absolute Gasteiger partial charge is 0.315 e. The Balaban J connectivity index is 2.03. The molecule has 0 atom stereocenters. The topological polar surface area (TPSA) is 46.3 Å². The zero-order valence-corrected chi connectivity index (χ0v) is 11.4. The van der Waals surface area contributed by atoms with Crippen molar-refractivity contribution in [2.75, 3.05) is 0 Å². The number of carbonyl (C=O) groups excluding carboxylic acids is 1. The summed E-state index contributed by atoms with van der Waals surface area (Å²) in [7, 11) is 0. The van der Waals surface area contributed by atoms with Gasteiger partial charge in [-0.05, 0) is 35.1 Å². The average molecular weight is 266 g/mol. The van der Waals surface area contributed by atoms with Crippen LogP contribution in [0.5, 0.6) is 0 Å². The van der Waals surface area contributed by atoms with E-state index >= 15 is 0 Å². The van der Waals surface area contributed by atoms with Crippen molar-refractivity contribution in [3.8, 4) is 0 Å². The van der Waals surface area contributed by atoms with E-state index in [9.17, 15) is 4.79 Å². The summed E-state index contributed by atoms with van der Waals surface area (Å²) in [4.78, 5) is 13.4. The van der Waals surface area contributed by atoms with Crippen molar-refractivity contribution in [2.45, 2.75) is 25.9 Å². The molecular weight excluding hydrogens is 248 g/mol. The molecule has 3 rings (SSSR count). The van der Waals surface area contributed by atoms with Crippen LogP contribution in [0, 0.1) is 0 Å². The second-order valence-electron chi connectivity index (χ2n) is 5.23. The Kier molecular flexibility index (Phi) is 3.42. The van der Waals surface area contributed by atoms with Crippen LogP contribution in [-0.2, 0) is 25.9 Å². The summed E-state index contributed by atoms with van der Waals surface area (Å²) >= 11 is 0. The number of primary amides is 1. The fourth-order valence-corrected chi connectivity index (χ4v) is 2.80. The van der Waals surface area contributed by atoms with Gasteiger partial charge in [0.25, 0.3) is 0 Å². The number of amides is 2. The molecule has 0 saturated heterocycles. The lowest BCUT2D eigenvalue weighted by atomic mass is 9.98. The molecule has 0 bridgehead atoms.